The second-order valence-electron chi connectivity index (χ2n) is 6.18. The number of rotatable bonds is 2. The Bertz CT molecular complexity index is 923. The fourth-order valence-corrected chi connectivity index (χ4v) is 3.48. The molecule has 0 bridgehead atoms. The number of hydrogen-bond donors (Lipinski definition) is 2. The molecule has 0 saturated carbocycles. The minimum absolute atomic E-state index is 0.774. The topological polar surface area (TPSA) is 52.0 Å². The van der Waals surface area contributed by atoms with E-state index in [0.717, 1.165) is 41.6 Å². The highest BCUT2D eigenvalue weighted by molar-refractivity contribution is 5.94. The molecule has 0 amide bonds. The van der Waals surface area contributed by atoms with E-state index >= 15 is 0 Å². The number of nitrogens with two attached hydrogens (primary N) is 2. The summed E-state index contributed by atoms with van der Waals surface area (Å²) in [7, 11) is 0. The molecule has 0 unspecified atom stereocenters. The van der Waals surface area contributed by atoms with Crippen LogP contribution in [0.15, 0.2) is 54.6 Å². The molecule has 3 aromatic rings. The third kappa shape index (κ3) is 2.36. The van der Waals surface area contributed by atoms with Crippen LogP contribution in [-0.4, -0.2) is 0 Å². The number of allylic oxidation sites excluding steroid dienone is 1. The van der Waals surface area contributed by atoms with Crippen LogP contribution in [-0.2, 0) is 12.8 Å². The number of nitrogen functional groups attached to an aromatic ring is 2. The van der Waals surface area contributed by atoms with E-state index in [1.807, 2.05) is 18.2 Å². The fraction of sp³-hybridized carbons (Fsp3) is 0.143. The first kappa shape index (κ1) is 13.9. The van der Waals surface area contributed by atoms with Gasteiger partial charge in [0.15, 0.2) is 0 Å². The normalized spacial score (nSPS) is 13.2. The van der Waals surface area contributed by atoms with E-state index in [1.54, 1.807) is 0 Å². The third-order valence-electron chi connectivity index (χ3n) is 4.78. The summed E-state index contributed by atoms with van der Waals surface area (Å²) < 4.78 is 0. The summed E-state index contributed by atoms with van der Waals surface area (Å²) in [6.45, 7) is 0. The lowest BCUT2D eigenvalue weighted by Gasteiger charge is -2.18. The van der Waals surface area contributed by atoms with Gasteiger partial charge in [0.2, 0.25) is 0 Å². The highest BCUT2D eigenvalue weighted by Gasteiger charge is 2.14. The quantitative estimate of drug-likeness (QED) is 0.682. The Morgan fingerprint density at radius 2 is 1.78 bits per heavy atom. The van der Waals surface area contributed by atoms with Crippen LogP contribution in [0.1, 0.15) is 28.7 Å². The van der Waals surface area contributed by atoms with E-state index in [2.05, 4.69) is 42.5 Å². The minimum atomic E-state index is 0.774. The molecule has 0 aromatic heterocycles. The average Bonchev–Trinajstić information content (AvgIpc) is 2.60. The third-order valence-corrected chi connectivity index (χ3v) is 4.78. The second kappa shape index (κ2) is 5.47. The van der Waals surface area contributed by atoms with Gasteiger partial charge in [-0.15, -0.1) is 0 Å². The van der Waals surface area contributed by atoms with Gasteiger partial charge in [-0.1, -0.05) is 54.6 Å². The zero-order chi connectivity index (χ0) is 15.8. The second-order valence-corrected chi connectivity index (χ2v) is 6.18. The van der Waals surface area contributed by atoms with Gasteiger partial charge in [0.25, 0.3) is 0 Å². The molecule has 4 rings (SSSR count). The minimum Gasteiger partial charge on any atom is -0.398 e. The van der Waals surface area contributed by atoms with Crippen LogP contribution in [0.25, 0.3) is 16.8 Å². The molecule has 1 aliphatic rings. The lowest BCUT2D eigenvalue weighted by Crippen LogP contribution is -2.06. The Morgan fingerprint density at radius 3 is 2.70 bits per heavy atom. The summed E-state index contributed by atoms with van der Waals surface area (Å²) in [6, 6.07) is 16.7. The van der Waals surface area contributed by atoms with Crippen LogP contribution in [0.4, 0.5) is 11.4 Å². The summed E-state index contributed by atoms with van der Waals surface area (Å²) in [5.41, 5.74) is 19.4. The van der Waals surface area contributed by atoms with Gasteiger partial charge >= 0.3 is 0 Å². The molecule has 114 valence electrons. The predicted molar refractivity (Wildman–Crippen MR) is 99.4 cm³/mol. The molecule has 3 aromatic carbocycles. The predicted octanol–water partition coefficient (Wildman–Crippen LogP) is 4.55. The summed E-state index contributed by atoms with van der Waals surface area (Å²) in [5.74, 6) is 0. The first-order valence-corrected chi connectivity index (χ1v) is 8.07. The summed E-state index contributed by atoms with van der Waals surface area (Å²) in [6.07, 6.45) is 7.41. The largest absolute Gasteiger partial charge is 0.398 e. The van der Waals surface area contributed by atoms with Crippen LogP contribution in [0.5, 0.6) is 0 Å². The van der Waals surface area contributed by atoms with Gasteiger partial charge in [-0.25, -0.2) is 0 Å². The Labute approximate surface area is 136 Å². The first-order chi connectivity index (χ1) is 11.2. The molecular weight excluding hydrogens is 280 g/mol. The Hall–Kier alpha value is -2.74. The molecule has 2 heteroatoms. The average molecular weight is 300 g/mol. The number of aryl methyl sites for hydroxylation is 1. The van der Waals surface area contributed by atoms with Crippen LogP contribution in [0, 0.1) is 0 Å². The van der Waals surface area contributed by atoms with Crippen molar-refractivity contribution in [2.45, 2.75) is 19.3 Å². The van der Waals surface area contributed by atoms with Gasteiger partial charge in [0, 0.05) is 23.2 Å². The Kier molecular flexibility index (Phi) is 3.30. The van der Waals surface area contributed by atoms with Crippen LogP contribution in [0.2, 0.25) is 0 Å². The molecular formula is C21H20N2. The lowest BCUT2D eigenvalue weighted by atomic mass is 9.88. The summed E-state index contributed by atoms with van der Waals surface area (Å²) in [4.78, 5) is 0. The van der Waals surface area contributed by atoms with E-state index in [1.165, 1.54) is 22.1 Å². The van der Waals surface area contributed by atoms with E-state index in [-0.39, 0.29) is 0 Å². The molecule has 0 fully saturated rings. The van der Waals surface area contributed by atoms with Gasteiger partial charge in [-0.2, -0.15) is 0 Å². The Morgan fingerprint density at radius 1 is 0.913 bits per heavy atom. The van der Waals surface area contributed by atoms with Crippen molar-refractivity contribution in [1.29, 1.82) is 0 Å². The summed E-state index contributed by atoms with van der Waals surface area (Å²) in [5, 5.41) is 2.29. The van der Waals surface area contributed by atoms with E-state index in [0.29, 0.717) is 0 Å². The molecule has 23 heavy (non-hydrogen) atoms. The van der Waals surface area contributed by atoms with Gasteiger partial charge in [-0.3, -0.25) is 0 Å². The van der Waals surface area contributed by atoms with Crippen molar-refractivity contribution in [2.75, 3.05) is 11.5 Å². The maximum absolute atomic E-state index is 6.43. The Balaban J connectivity index is 1.83. The van der Waals surface area contributed by atoms with Crippen LogP contribution < -0.4 is 11.5 Å². The molecule has 0 aliphatic heterocycles. The van der Waals surface area contributed by atoms with Crippen LogP contribution >= 0.6 is 0 Å². The standard InChI is InChI=1S/C21H20N2/c22-20-12-11-14-5-1-3-7-17(14)19(20)13-16-10-9-15-6-2-4-8-18(15)21(16)23/h2-4,6-12H,1,5,13,22-23H2. The van der Waals surface area contributed by atoms with Gasteiger partial charge in [-0.05, 0) is 46.5 Å². The monoisotopic (exact) mass is 300 g/mol. The van der Waals surface area contributed by atoms with Crippen molar-refractivity contribution in [1.82, 2.24) is 0 Å². The van der Waals surface area contributed by atoms with Crippen LogP contribution in [0.3, 0.4) is 0 Å². The number of fused-ring (bicyclic) bond motifs is 2. The molecule has 0 spiro atoms. The number of hydrogen-bond acceptors (Lipinski definition) is 2. The van der Waals surface area contributed by atoms with Gasteiger partial charge < -0.3 is 11.5 Å². The molecule has 4 N–H and O–H groups in total. The van der Waals surface area contributed by atoms with Crippen molar-refractivity contribution >= 4 is 28.2 Å². The first-order valence-electron chi connectivity index (χ1n) is 8.07. The fourth-order valence-electron chi connectivity index (χ4n) is 3.48. The maximum atomic E-state index is 6.43. The van der Waals surface area contributed by atoms with Crippen molar-refractivity contribution < 1.29 is 0 Å². The highest BCUT2D eigenvalue weighted by Crippen LogP contribution is 2.32. The molecule has 0 saturated heterocycles. The molecule has 0 heterocycles. The zero-order valence-electron chi connectivity index (χ0n) is 13.0. The highest BCUT2D eigenvalue weighted by atomic mass is 14.6. The van der Waals surface area contributed by atoms with E-state index < -0.39 is 0 Å². The van der Waals surface area contributed by atoms with Crippen molar-refractivity contribution in [3.8, 4) is 0 Å². The lowest BCUT2D eigenvalue weighted by molar-refractivity contribution is 0.976. The van der Waals surface area contributed by atoms with Crippen molar-refractivity contribution in [3.63, 3.8) is 0 Å². The van der Waals surface area contributed by atoms with E-state index in [9.17, 15) is 0 Å². The molecule has 0 atom stereocenters. The zero-order valence-corrected chi connectivity index (χ0v) is 13.0. The maximum Gasteiger partial charge on any atom is 0.0429 e. The van der Waals surface area contributed by atoms with E-state index in [4.69, 9.17) is 11.5 Å². The van der Waals surface area contributed by atoms with Gasteiger partial charge in [0.05, 0.1) is 0 Å². The molecule has 0 radical (unpaired) electrons. The molecule has 1 aliphatic carbocycles. The number of anilines is 2. The van der Waals surface area contributed by atoms with Crippen molar-refractivity contribution in [2.24, 2.45) is 0 Å². The van der Waals surface area contributed by atoms with Crippen molar-refractivity contribution in [3.05, 3.63) is 76.9 Å². The van der Waals surface area contributed by atoms with Gasteiger partial charge in [0.1, 0.15) is 0 Å². The SMILES string of the molecule is Nc1ccc2c(c1Cc1ccc3ccccc3c1N)C=CCC2. The summed E-state index contributed by atoms with van der Waals surface area (Å²) >= 11 is 0. The smallest absolute Gasteiger partial charge is 0.0429 e. The number of benzene rings is 3. The molecule has 2 nitrogen and oxygen atoms in total.